The molecule has 2 heterocycles. The van der Waals surface area contributed by atoms with Gasteiger partial charge in [-0.05, 0) is 31.7 Å². The SMILES string of the molecule is Cc1nc2cc(=O)[nH]n2c(C)c1CCC(=O)N[C@@H](CO)C(C)C. The summed E-state index contributed by atoms with van der Waals surface area (Å²) in [6, 6.07) is 1.22. The summed E-state index contributed by atoms with van der Waals surface area (Å²) in [5, 5.41) is 14.8. The average Bonchev–Trinajstić information content (AvgIpc) is 2.84. The van der Waals surface area contributed by atoms with Crippen molar-refractivity contribution < 1.29 is 9.90 Å². The number of nitrogens with one attached hydrogen (secondary N) is 2. The molecule has 0 unspecified atom stereocenters. The third-order valence-corrected chi connectivity index (χ3v) is 4.15. The van der Waals surface area contributed by atoms with Gasteiger partial charge in [0.2, 0.25) is 5.91 Å². The van der Waals surface area contributed by atoms with Crippen LogP contribution in [-0.4, -0.2) is 38.3 Å². The summed E-state index contributed by atoms with van der Waals surface area (Å²) in [4.78, 5) is 27.9. The summed E-state index contributed by atoms with van der Waals surface area (Å²) in [6.45, 7) is 7.61. The predicted molar refractivity (Wildman–Crippen MR) is 87.5 cm³/mol. The average molecular weight is 320 g/mol. The van der Waals surface area contributed by atoms with Crippen LogP contribution in [0.15, 0.2) is 10.9 Å². The van der Waals surface area contributed by atoms with Gasteiger partial charge >= 0.3 is 0 Å². The minimum atomic E-state index is -0.230. The molecule has 0 aliphatic heterocycles. The molecule has 0 bridgehead atoms. The summed E-state index contributed by atoms with van der Waals surface area (Å²) >= 11 is 0. The van der Waals surface area contributed by atoms with E-state index in [1.807, 2.05) is 27.7 Å². The molecule has 0 radical (unpaired) electrons. The number of aryl methyl sites for hydroxylation is 2. The van der Waals surface area contributed by atoms with Gasteiger partial charge in [0.25, 0.3) is 5.56 Å². The standard InChI is InChI=1S/C16H24N4O3/c1-9(2)13(8-21)18-15(22)6-5-12-10(3)17-14-7-16(23)19-20(14)11(12)4/h7,9,13,21H,5-6,8H2,1-4H3,(H,18,22)(H,19,23)/t13-/m0/s1. The molecule has 1 amide bonds. The number of aliphatic hydroxyl groups is 1. The zero-order valence-electron chi connectivity index (χ0n) is 14.0. The zero-order valence-corrected chi connectivity index (χ0v) is 14.0. The Morgan fingerprint density at radius 1 is 1.43 bits per heavy atom. The molecule has 7 nitrogen and oxygen atoms in total. The number of hydrogen-bond acceptors (Lipinski definition) is 4. The number of amides is 1. The Hall–Kier alpha value is -2.15. The van der Waals surface area contributed by atoms with Crippen LogP contribution in [0.3, 0.4) is 0 Å². The van der Waals surface area contributed by atoms with E-state index in [0.717, 1.165) is 17.0 Å². The predicted octanol–water partition coefficient (Wildman–Crippen LogP) is 0.705. The van der Waals surface area contributed by atoms with Crippen molar-refractivity contribution in [3.05, 3.63) is 33.4 Å². The van der Waals surface area contributed by atoms with Crippen LogP contribution in [0.25, 0.3) is 5.65 Å². The summed E-state index contributed by atoms with van der Waals surface area (Å²) in [5.74, 6) is 0.0769. The zero-order chi connectivity index (χ0) is 17.1. The number of aliphatic hydroxyl groups excluding tert-OH is 1. The number of fused-ring (bicyclic) bond motifs is 1. The maximum atomic E-state index is 12.1. The molecule has 0 aliphatic rings. The maximum absolute atomic E-state index is 12.1. The fraction of sp³-hybridized carbons (Fsp3) is 0.562. The number of hydrogen-bond donors (Lipinski definition) is 3. The topological polar surface area (TPSA) is 99.5 Å². The highest BCUT2D eigenvalue weighted by Crippen LogP contribution is 2.15. The minimum absolute atomic E-state index is 0.0699. The van der Waals surface area contributed by atoms with Crippen molar-refractivity contribution in [2.75, 3.05) is 6.61 Å². The minimum Gasteiger partial charge on any atom is -0.394 e. The van der Waals surface area contributed by atoms with Crippen LogP contribution in [0.2, 0.25) is 0 Å². The van der Waals surface area contributed by atoms with Gasteiger partial charge in [0.1, 0.15) is 0 Å². The first-order chi connectivity index (χ1) is 10.8. The lowest BCUT2D eigenvalue weighted by molar-refractivity contribution is -0.122. The quantitative estimate of drug-likeness (QED) is 0.729. The smallest absolute Gasteiger partial charge is 0.266 e. The fourth-order valence-electron chi connectivity index (χ4n) is 2.66. The molecule has 0 aliphatic carbocycles. The van der Waals surface area contributed by atoms with E-state index in [1.165, 1.54) is 6.07 Å². The molecular weight excluding hydrogens is 296 g/mol. The summed E-state index contributed by atoms with van der Waals surface area (Å²) < 4.78 is 1.65. The van der Waals surface area contributed by atoms with E-state index in [2.05, 4.69) is 15.4 Å². The largest absolute Gasteiger partial charge is 0.394 e. The van der Waals surface area contributed by atoms with Crippen molar-refractivity contribution in [3.8, 4) is 0 Å². The van der Waals surface area contributed by atoms with E-state index in [-0.39, 0.29) is 30.0 Å². The second kappa shape index (κ2) is 6.95. The van der Waals surface area contributed by atoms with Gasteiger partial charge in [-0.2, -0.15) is 0 Å². The van der Waals surface area contributed by atoms with Crippen molar-refractivity contribution in [2.45, 2.75) is 46.6 Å². The van der Waals surface area contributed by atoms with Gasteiger partial charge in [0.15, 0.2) is 5.65 Å². The normalized spacial score (nSPS) is 12.8. The molecule has 0 fully saturated rings. The molecule has 126 valence electrons. The highest BCUT2D eigenvalue weighted by molar-refractivity contribution is 5.76. The van der Waals surface area contributed by atoms with Crippen LogP contribution in [-0.2, 0) is 11.2 Å². The van der Waals surface area contributed by atoms with Gasteiger partial charge in [0.05, 0.1) is 12.6 Å². The second-order valence-corrected chi connectivity index (χ2v) is 6.18. The molecule has 0 saturated carbocycles. The third kappa shape index (κ3) is 3.79. The van der Waals surface area contributed by atoms with Crippen LogP contribution in [0.5, 0.6) is 0 Å². The molecule has 3 N–H and O–H groups in total. The van der Waals surface area contributed by atoms with Crippen LogP contribution in [0, 0.1) is 19.8 Å². The highest BCUT2D eigenvalue weighted by Gasteiger charge is 2.16. The molecule has 2 rings (SSSR count). The lowest BCUT2D eigenvalue weighted by Gasteiger charge is -2.20. The Kier molecular flexibility index (Phi) is 5.20. The van der Waals surface area contributed by atoms with E-state index in [0.29, 0.717) is 18.5 Å². The molecule has 23 heavy (non-hydrogen) atoms. The Bertz CT molecular complexity index is 761. The van der Waals surface area contributed by atoms with E-state index in [4.69, 9.17) is 0 Å². The van der Waals surface area contributed by atoms with Crippen LogP contribution in [0.4, 0.5) is 0 Å². The number of carbonyl (C=O) groups excluding carboxylic acids is 1. The fourth-order valence-corrected chi connectivity index (χ4v) is 2.66. The number of rotatable bonds is 6. The van der Waals surface area contributed by atoms with E-state index >= 15 is 0 Å². The number of H-pyrrole nitrogens is 1. The molecule has 0 spiro atoms. The van der Waals surface area contributed by atoms with Crippen molar-refractivity contribution in [1.82, 2.24) is 19.9 Å². The molecule has 7 heteroatoms. The molecule has 0 aromatic carbocycles. The van der Waals surface area contributed by atoms with Crippen molar-refractivity contribution >= 4 is 11.6 Å². The van der Waals surface area contributed by atoms with E-state index in [1.54, 1.807) is 4.52 Å². The van der Waals surface area contributed by atoms with Gasteiger partial charge in [-0.15, -0.1) is 0 Å². The Morgan fingerprint density at radius 2 is 2.13 bits per heavy atom. The van der Waals surface area contributed by atoms with Gasteiger partial charge < -0.3 is 10.4 Å². The third-order valence-electron chi connectivity index (χ3n) is 4.15. The number of carbonyl (C=O) groups is 1. The first kappa shape index (κ1) is 17.2. The first-order valence-corrected chi connectivity index (χ1v) is 7.81. The summed E-state index contributed by atoms with van der Waals surface area (Å²) in [6.07, 6.45) is 0.840. The van der Waals surface area contributed by atoms with E-state index in [9.17, 15) is 14.7 Å². The van der Waals surface area contributed by atoms with Crippen molar-refractivity contribution in [3.63, 3.8) is 0 Å². The Balaban J connectivity index is 2.13. The van der Waals surface area contributed by atoms with Gasteiger partial charge in [-0.1, -0.05) is 13.8 Å². The lowest BCUT2D eigenvalue weighted by atomic mass is 10.0. The Morgan fingerprint density at radius 3 is 2.74 bits per heavy atom. The van der Waals surface area contributed by atoms with Crippen molar-refractivity contribution in [2.24, 2.45) is 5.92 Å². The van der Waals surface area contributed by atoms with Gasteiger partial charge in [-0.3, -0.25) is 14.7 Å². The number of nitrogens with zero attached hydrogens (tertiary/aromatic N) is 2. The Labute approximate surface area is 134 Å². The van der Waals surface area contributed by atoms with Crippen molar-refractivity contribution in [1.29, 1.82) is 0 Å². The summed E-state index contributed by atoms with van der Waals surface area (Å²) in [5.41, 5.74) is 3.03. The molecule has 0 saturated heterocycles. The lowest BCUT2D eigenvalue weighted by Crippen LogP contribution is -2.41. The molecular formula is C16H24N4O3. The molecule has 2 aromatic rings. The van der Waals surface area contributed by atoms with E-state index < -0.39 is 0 Å². The number of aromatic nitrogens is 3. The van der Waals surface area contributed by atoms with Crippen LogP contribution < -0.4 is 10.9 Å². The second-order valence-electron chi connectivity index (χ2n) is 6.18. The summed E-state index contributed by atoms with van der Waals surface area (Å²) in [7, 11) is 0. The molecule has 1 atom stereocenters. The highest BCUT2D eigenvalue weighted by atomic mass is 16.3. The molecule has 2 aromatic heterocycles. The van der Waals surface area contributed by atoms with Gasteiger partial charge in [-0.25, -0.2) is 9.50 Å². The van der Waals surface area contributed by atoms with Crippen LogP contribution >= 0.6 is 0 Å². The van der Waals surface area contributed by atoms with Crippen LogP contribution in [0.1, 0.15) is 37.2 Å². The first-order valence-electron chi connectivity index (χ1n) is 7.81. The van der Waals surface area contributed by atoms with Gasteiger partial charge in [0, 0.05) is 23.9 Å². The monoisotopic (exact) mass is 320 g/mol. The maximum Gasteiger partial charge on any atom is 0.266 e. The number of aromatic amines is 1.